The Bertz CT molecular complexity index is 950. The molecule has 0 aliphatic heterocycles. The van der Waals surface area contributed by atoms with E-state index in [1.807, 2.05) is 54.6 Å². The zero-order valence-electron chi connectivity index (χ0n) is 15.9. The van der Waals surface area contributed by atoms with Crippen LogP contribution < -0.4 is 5.32 Å². The molecule has 0 unspecified atom stereocenters. The van der Waals surface area contributed by atoms with Crippen molar-refractivity contribution in [2.75, 3.05) is 11.9 Å². The van der Waals surface area contributed by atoms with Crippen molar-refractivity contribution in [3.05, 3.63) is 71.9 Å². The van der Waals surface area contributed by atoms with Gasteiger partial charge in [-0.25, -0.2) is 4.79 Å². The lowest BCUT2D eigenvalue weighted by molar-refractivity contribution is -0.119. The molecule has 6 heteroatoms. The summed E-state index contributed by atoms with van der Waals surface area (Å²) in [7, 11) is 0. The fourth-order valence-corrected chi connectivity index (χ4v) is 2.84. The highest BCUT2D eigenvalue weighted by atomic mass is 16.5. The second-order valence-corrected chi connectivity index (χ2v) is 6.55. The number of esters is 1. The van der Waals surface area contributed by atoms with Gasteiger partial charge in [0.1, 0.15) is 5.69 Å². The van der Waals surface area contributed by atoms with Crippen LogP contribution in [0.25, 0.3) is 11.3 Å². The second kappa shape index (κ2) is 8.99. The van der Waals surface area contributed by atoms with Crippen LogP contribution in [0.1, 0.15) is 42.2 Å². The number of aromatic nitrogens is 2. The number of carbonyl (C=O) groups excluding carboxylic acids is 2. The van der Waals surface area contributed by atoms with Crippen molar-refractivity contribution >= 4 is 17.6 Å². The van der Waals surface area contributed by atoms with Gasteiger partial charge >= 0.3 is 5.97 Å². The van der Waals surface area contributed by atoms with Crippen LogP contribution in [0.15, 0.2) is 60.7 Å². The first-order chi connectivity index (χ1) is 13.6. The van der Waals surface area contributed by atoms with Gasteiger partial charge in [0.25, 0.3) is 5.91 Å². The summed E-state index contributed by atoms with van der Waals surface area (Å²) >= 11 is 0. The number of ether oxygens (including phenoxy) is 1. The molecule has 0 bridgehead atoms. The minimum atomic E-state index is -0.625. The van der Waals surface area contributed by atoms with Gasteiger partial charge in [0.2, 0.25) is 0 Å². The maximum absolute atomic E-state index is 12.2. The Morgan fingerprint density at radius 1 is 1.11 bits per heavy atom. The van der Waals surface area contributed by atoms with E-state index in [9.17, 15) is 9.59 Å². The molecule has 1 aromatic heterocycles. The van der Waals surface area contributed by atoms with Crippen molar-refractivity contribution in [2.45, 2.75) is 26.2 Å². The normalized spacial score (nSPS) is 11.6. The topological polar surface area (TPSA) is 84.1 Å². The van der Waals surface area contributed by atoms with Crippen LogP contribution in [-0.4, -0.2) is 28.7 Å². The number of hydrogen-bond acceptors (Lipinski definition) is 4. The summed E-state index contributed by atoms with van der Waals surface area (Å²) < 4.78 is 5.12. The maximum Gasteiger partial charge on any atom is 0.356 e. The van der Waals surface area contributed by atoms with Gasteiger partial charge in [0.15, 0.2) is 6.61 Å². The molecule has 28 heavy (non-hydrogen) atoms. The predicted molar refractivity (Wildman–Crippen MR) is 108 cm³/mol. The summed E-state index contributed by atoms with van der Waals surface area (Å²) in [5.41, 5.74) is 3.53. The van der Waals surface area contributed by atoms with E-state index < -0.39 is 5.97 Å². The zero-order chi connectivity index (χ0) is 19.9. The Hall–Kier alpha value is -3.41. The van der Waals surface area contributed by atoms with E-state index in [2.05, 4.69) is 29.4 Å². The number of para-hydroxylation sites is 1. The molecule has 3 aromatic rings. The molecular formula is C22H23N3O3. The molecule has 144 valence electrons. The lowest BCUT2D eigenvalue weighted by atomic mass is 9.97. The Kier molecular flexibility index (Phi) is 6.22. The average Bonchev–Trinajstić information content (AvgIpc) is 3.23. The molecule has 0 saturated carbocycles. The van der Waals surface area contributed by atoms with Crippen LogP contribution in [0.2, 0.25) is 0 Å². The third-order valence-electron chi connectivity index (χ3n) is 4.58. The molecule has 2 N–H and O–H groups in total. The summed E-state index contributed by atoms with van der Waals surface area (Å²) in [5.74, 6) is -0.688. The Morgan fingerprint density at radius 2 is 1.82 bits per heavy atom. The van der Waals surface area contributed by atoms with Crippen molar-refractivity contribution in [3.8, 4) is 11.3 Å². The van der Waals surface area contributed by atoms with Crippen molar-refractivity contribution in [1.82, 2.24) is 10.2 Å². The van der Waals surface area contributed by atoms with Gasteiger partial charge in [-0.15, -0.1) is 0 Å². The molecule has 1 atom stereocenters. The fraction of sp³-hybridized carbons (Fsp3) is 0.227. The van der Waals surface area contributed by atoms with Crippen LogP contribution in [0, 0.1) is 0 Å². The van der Waals surface area contributed by atoms with Gasteiger partial charge < -0.3 is 10.1 Å². The molecule has 0 spiro atoms. The standard InChI is InChI=1S/C22H23N3O3/c1-3-15(2)17-11-7-8-12-18(17)23-21(26)14-28-22(27)20-13-19(24-25-20)16-9-5-4-6-10-16/h4-13,15H,3,14H2,1-2H3,(H,23,26)(H,24,25)/t15-/m0/s1. The third-order valence-corrected chi connectivity index (χ3v) is 4.58. The number of anilines is 1. The van der Waals surface area contributed by atoms with Crippen LogP contribution in [-0.2, 0) is 9.53 Å². The van der Waals surface area contributed by atoms with Crippen LogP contribution >= 0.6 is 0 Å². The number of benzene rings is 2. The predicted octanol–water partition coefficient (Wildman–Crippen LogP) is 4.39. The lowest BCUT2D eigenvalue weighted by Gasteiger charge is -2.15. The van der Waals surface area contributed by atoms with Crippen molar-refractivity contribution in [2.24, 2.45) is 0 Å². The first-order valence-electron chi connectivity index (χ1n) is 9.25. The van der Waals surface area contributed by atoms with E-state index in [1.165, 1.54) is 0 Å². The molecule has 1 amide bonds. The monoisotopic (exact) mass is 377 g/mol. The van der Waals surface area contributed by atoms with Crippen molar-refractivity contribution in [3.63, 3.8) is 0 Å². The molecular weight excluding hydrogens is 354 g/mol. The van der Waals surface area contributed by atoms with Gasteiger partial charge in [-0.2, -0.15) is 5.10 Å². The van der Waals surface area contributed by atoms with E-state index in [1.54, 1.807) is 6.07 Å². The number of amides is 1. The Labute approximate surface area is 163 Å². The highest BCUT2D eigenvalue weighted by Crippen LogP contribution is 2.26. The Balaban J connectivity index is 1.58. The molecule has 3 rings (SSSR count). The van der Waals surface area contributed by atoms with Crippen LogP contribution in [0.4, 0.5) is 5.69 Å². The molecule has 0 fully saturated rings. The number of hydrogen-bond donors (Lipinski definition) is 2. The van der Waals surface area contributed by atoms with Gasteiger partial charge in [0, 0.05) is 11.3 Å². The average molecular weight is 377 g/mol. The molecule has 0 aliphatic carbocycles. The van der Waals surface area contributed by atoms with Crippen LogP contribution in [0.3, 0.4) is 0 Å². The second-order valence-electron chi connectivity index (χ2n) is 6.55. The van der Waals surface area contributed by atoms with Gasteiger partial charge in [0.05, 0.1) is 5.69 Å². The van der Waals surface area contributed by atoms with Crippen molar-refractivity contribution in [1.29, 1.82) is 0 Å². The smallest absolute Gasteiger partial charge is 0.356 e. The van der Waals surface area contributed by atoms with E-state index in [-0.39, 0.29) is 18.2 Å². The largest absolute Gasteiger partial charge is 0.451 e. The molecule has 2 aromatic carbocycles. The number of carbonyl (C=O) groups is 2. The summed E-state index contributed by atoms with van der Waals surface area (Å²) in [4.78, 5) is 24.4. The van der Waals surface area contributed by atoms with Crippen LogP contribution in [0.5, 0.6) is 0 Å². The Morgan fingerprint density at radius 3 is 2.57 bits per heavy atom. The highest BCUT2D eigenvalue weighted by Gasteiger charge is 2.15. The zero-order valence-corrected chi connectivity index (χ0v) is 15.9. The SMILES string of the molecule is CC[C@H](C)c1ccccc1NC(=O)COC(=O)c1cc(-c2ccccc2)n[nH]1. The summed E-state index contributed by atoms with van der Waals surface area (Å²) in [5, 5.41) is 9.59. The fourth-order valence-electron chi connectivity index (χ4n) is 2.84. The summed E-state index contributed by atoms with van der Waals surface area (Å²) in [6, 6.07) is 18.7. The first kappa shape index (κ1) is 19.4. The summed E-state index contributed by atoms with van der Waals surface area (Å²) in [6.07, 6.45) is 0.964. The van der Waals surface area contributed by atoms with E-state index >= 15 is 0 Å². The maximum atomic E-state index is 12.2. The number of nitrogens with zero attached hydrogens (tertiary/aromatic N) is 1. The first-order valence-corrected chi connectivity index (χ1v) is 9.25. The molecule has 6 nitrogen and oxygen atoms in total. The van der Waals surface area contributed by atoms with E-state index in [0.717, 1.165) is 23.2 Å². The number of rotatable bonds is 7. The minimum absolute atomic E-state index is 0.201. The van der Waals surface area contributed by atoms with Gasteiger partial charge in [-0.3, -0.25) is 9.89 Å². The van der Waals surface area contributed by atoms with Crippen molar-refractivity contribution < 1.29 is 14.3 Å². The lowest BCUT2D eigenvalue weighted by Crippen LogP contribution is -2.22. The highest BCUT2D eigenvalue weighted by molar-refractivity contribution is 5.95. The van der Waals surface area contributed by atoms with E-state index in [4.69, 9.17) is 4.74 Å². The number of H-pyrrole nitrogens is 1. The molecule has 0 aliphatic rings. The minimum Gasteiger partial charge on any atom is -0.451 e. The number of aromatic amines is 1. The number of nitrogens with one attached hydrogen (secondary N) is 2. The van der Waals surface area contributed by atoms with Gasteiger partial charge in [-0.1, -0.05) is 62.4 Å². The third kappa shape index (κ3) is 4.65. The molecule has 0 saturated heterocycles. The summed E-state index contributed by atoms with van der Waals surface area (Å²) in [6.45, 7) is 3.83. The molecule has 0 radical (unpaired) electrons. The van der Waals surface area contributed by atoms with E-state index in [0.29, 0.717) is 11.6 Å². The van der Waals surface area contributed by atoms with Gasteiger partial charge in [-0.05, 0) is 30.0 Å². The quantitative estimate of drug-likeness (QED) is 0.598. The molecule has 1 heterocycles.